The Balaban J connectivity index is -0.0000000716. The van der Waals surface area contributed by atoms with Crippen LogP contribution in [0.1, 0.15) is 55.4 Å². The van der Waals surface area contributed by atoms with E-state index < -0.39 is 89.0 Å². The first-order valence-electron chi connectivity index (χ1n) is 12.9. The summed E-state index contributed by atoms with van der Waals surface area (Å²) >= 11 is 0. The molecule has 16 N–H and O–H groups in total. The van der Waals surface area contributed by atoms with Crippen LogP contribution in [0.15, 0.2) is 0 Å². The molecule has 0 aliphatic rings. The number of halogens is 4. The normalized spacial score (nSPS) is 13.2. The van der Waals surface area contributed by atoms with Gasteiger partial charge in [0.15, 0.2) is 24.2 Å². The van der Waals surface area contributed by atoms with Crippen molar-refractivity contribution < 1.29 is 178 Å². The summed E-state index contributed by atoms with van der Waals surface area (Å²) in [5.74, 6) is -2.75. The Bertz CT molecular complexity index is 742. The van der Waals surface area contributed by atoms with E-state index in [-0.39, 0.29) is 23.7 Å². The fraction of sp³-hybridized carbons (Fsp3) is 0.800. The number of aliphatic carboxylic acids is 4. The number of carboxylic acid groups (broad SMARTS) is 4. The zero-order valence-corrected chi connectivity index (χ0v) is 31.9. The van der Waals surface area contributed by atoms with Crippen LogP contribution >= 0.6 is 0 Å². The Kier molecular flexibility index (Phi) is 44.4. The number of carbonyl (C=O) groups is 4. The first kappa shape index (κ1) is 68.3. The molecule has 0 aromatic rings. The molecule has 0 aliphatic heterocycles. The molecule has 0 aromatic carbocycles. The summed E-state index contributed by atoms with van der Waals surface area (Å²) in [6.07, 6.45) is 0. The molecule has 320 valence electrons. The van der Waals surface area contributed by atoms with E-state index in [0.29, 0.717) is 0 Å². The molecule has 0 bridgehead atoms. The molecular weight excluding hydrogens is 822 g/mol. The largest absolute Gasteiger partial charge is 0.477 e. The average molecular weight is 870 g/mol. The summed E-state index contributed by atoms with van der Waals surface area (Å²) in [5.41, 5.74) is 13.8. The Hall–Kier alpha value is -1.76. The second-order valence-electron chi connectivity index (χ2n) is 10.3. The third kappa shape index (κ3) is 118. The summed E-state index contributed by atoms with van der Waals surface area (Å²) in [6.45, 7) is 14.7. The SMILES string of the molecule is CC(C)[C@@H]([NH3+])C(=O)O.CC(C)[C@@H]([NH3+])C(=O)O.CC(C)[C@H]([NH3+])C(=O)O.CC(C)[C@H]([NH3+])C(=O)O.[O-][Cl+3]([O-])([O-])[O-].[O-][Cl+3]([O-])([O-])[O-].[O-][Cl+3]([O-])([O-])[O-].[O-][Cl+3]([O-])([O-])[O-]. The molecule has 0 aromatic heterocycles. The zero-order valence-electron chi connectivity index (χ0n) is 28.9. The monoisotopic (exact) mass is 868 g/mol. The van der Waals surface area contributed by atoms with Gasteiger partial charge in [0.2, 0.25) is 0 Å². The molecular formula is C20H48Cl4N4O24. The molecule has 0 amide bonds. The van der Waals surface area contributed by atoms with Crippen molar-refractivity contribution in [2.75, 3.05) is 0 Å². The highest BCUT2D eigenvalue weighted by molar-refractivity contribution is 5.72. The third-order valence-electron chi connectivity index (χ3n) is 4.49. The maximum absolute atomic E-state index is 10.1. The topological polar surface area (TPSA) is 629 Å². The van der Waals surface area contributed by atoms with Crippen LogP contribution in [0.3, 0.4) is 0 Å². The van der Waals surface area contributed by atoms with Gasteiger partial charge in [-0.2, -0.15) is 0 Å². The molecule has 0 fully saturated rings. The van der Waals surface area contributed by atoms with Gasteiger partial charge in [-0.25, -0.2) is 93.7 Å². The molecule has 0 heterocycles. The highest BCUT2D eigenvalue weighted by Gasteiger charge is 2.20. The van der Waals surface area contributed by atoms with Gasteiger partial charge in [-0.1, -0.05) is 55.4 Å². The maximum Gasteiger partial charge on any atom is 0.362 e. The highest BCUT2D eigenvalue weighted by atomic mass is 35.7. The highest BCUT2D eigenvalue weighted by Crippen LogP contribution is 1.96. The first-order chi connectivity index (χ1) is 22.2. The van der Waals surface area contributed by atoms with Gasteiger partial charge in [0.05, 0.1) is 0 Å². The van der Waals surface area contributed by atoms with E-state index in [1.807, 2.05) is 55.4 Å². The standard InChI is InChI=1S/4C5H11NO2.4ClHO4/c4*1-3(2)4(6)5(7)8;4*2-1(3,4)5/h4*3-4H,6H2,1-2H3,(H,7,8);4*(H,2,3,4,5)/t4*4-;;;;/m1100..../s1. The summed E-state index contributed by atoms with van der Waals surface area (Å²) in [6, 6.07) is -1.85. The smallest absolute Gasteiger partial charge is 0.362 e. The van der Waals surface area contributed by atoms with Gasteiger partial charge in [0.1, 0.15) is 0 Å². The summed E-state index contributed by atoms with van der Waals surface area (Å²) < 4.78 is 136. The summed E-state index contributed by atoms with van der Waals surface area (Å²) in [7, 11) is -19.8. The average Bonchev–Trinajstić information content (AvgIpc) is 2.83. The van der Waals surface area contributed by atoms with Crippen LogP contribution in [0.2, 0.25) is 0 Å². The number of hydrogen-bond donors (Lipinski definition) is 8. The number of hydrogen-bond acceptors (Lipinski definition) is 20. The second-order valence-corrected chi connectivity index (χ2v) is 13.3. The molecule has 0 unspecified atom stereocenters. The van der Waals surface area contributed by atoms with Crippen LogP contribution in [0, 0.1) is 64.6 Å². The predicted octanol–water partition coefficient (Wildman–Crippen LogP) is -21.7. The van der Waals surface area contributed by atoms with E-state index in [4.69, 9.17) is 95.0 Å². The molecule has 0 saturated carbocycles. The summed E-state index contributed by atoms with van der Waals surface area (Å²) in [5, 5.41) is 33.2. The Labute approximate surface area is 304 Å². The predicted molar refractivity (Wildman–Crippen MR) is 117 cm³/mol. The van der Waals surface area contributed by atoms with Crippen molar-refractivity contribution in [3.63, 3.8) is 0 Å². The van der Waals surface area contributed by atoms with Gasteiger partial charge < -0.3 is 43.4 Å². The molecule has 52 heavy (non-hydrogen) atoms. The summed E-state index contributed by atoms with van der Waals surface area (Å²) in [4.78, 5) is 40.3. The van der Waals surface area contributed by atoms with Crippen LogP contribution < -0.4 is 97.5 Å². The van der Waals surface area contributed by atoms with Gasteiger partial charge in [-0.15, -0.1) is 41.0 Å². The molecule has 32 heteroatoms. The van der Waals surface area contributed by atoms with E-state index in [0.717, 1.165) is 0 Å². The first-order valence-corrected chi connectivity index (χ1v) is 17.9. The van der Waals surface area contributed by atoms with E-state index in [2.05, 4.69) is 22.9 Å². The van der Waals surface area contributed by atoms with Crippen molar-refractivity contribution >= 4 is 23.9 Å². The number of rotatable bonds is 8. The number of quaternary nitrogens is 4. The molecule has 0 rings (SSSR count). The van der Waals surface area contributed by atoms with Crippen LogP contribution in [0.25, 0.3) is 0 Å². The van der Waals surface area contributed by atoms with E-state index in [9.17, 15) is 19.2 Å². The molecule has 28 nitrogen and oxygen atoms in total. The van der Waals surface area contributed by atoms with Crippen LogP contribution in [-0.2, 0) is 19.2 Å². The van der Waals surface area contributed by atoms with Crippen molar-refractivity contribution in [1.82, 2.24) is 0 Å². The fourth-order valence-corrected chi connectivity index (χ4v) is 1.14. The minimum Gasteiger partial charge on any atom is -0.477 e. The van der Waals surface area contributed by atoms with Gasteiger partial charge in [-0.05, 0) is 0 Å². The van der Waals surface area contributed by atoms with Crippen molar-refractivity contribution in [2.24, 2.45) is 23.7 Å². The van der Waals surface area contributed by atoms with Crippen molar-refractivity contribution in [2.45, 2.75) is 79.6 Å². The van der Waals surface area contributed by atoms with Gasteiger partial charge in [0.25, 0.3) is 0 Å². The third-order valence-corrected chi connectivity index (χ3v) is 4.49. The molecule has 0 saturated heterocycles. The maximum atomic E-state index is 10.1. The van der Waals surface area contributed by atoms with Crippen LogP contribution in [-0.4, -0.2) is 68.5 Å². The van der Waals surface area contributed by atoms with Gasteiger partial charge in [-0.3, -0.25) is 0 Å². The second kappa shape index (κ2) is 33.8. The fourth-order valence-electron chi connectivity index (χ4n) is 1.14. The van der Waals surface area contributed by atoms with Crippen LogP contribution in [0.4, 0.5) is 0 Å². The van der Waals surface area contributed by atoms with E-state index in [1.165, 1.54) is 0 Å². The van der Waals surface area contributed by atoms with E-state index in [1.54, 1.807) is 0 Å². The van der Waals surface area contributed by atoms with Crippen molar-refractivity contribution in [1.29, 1.82) is 0 Å². The van der Waals surface area contributed by atoms with Gasteiger partial charge in [0, 0.05) is 23.7 Å². The lowest BCUT2D eigenvalue weighted by Crippen LogP contribution is -2.68. The molecule has 0 radical (unpaired) electrons. The van der Waals surface area contributed by atoms with Gasteiger partial charge >= 0.3 is 23.9 Å². The molecule has 0 spiro atoms. The molecule has 0 aliphatic carbocycles. The van der Waals surface area contributed by atoms with Crippen LogP contribution in [0.5, 0.6) is 0 Å². The number of carboxylic acids is 4. The quantitative estimate of drug-likeness (QED) is 0.112. The Morgan fingerprint density at radius 1 is 0.327 bits per heavy atom. The lowest BCUT2D eigenvalue weighted by Gasteiger charge is -2.17. The Morgan fingerprint density at radius 3 is 0.385 bits per heavy atom. The van der Waals surface area contributed by atoms with E-state index >= 15 is 0 Å². The lowest BCUT2D eigenvalue weighted by molar-refractivity contribution is -2.00. The Morgan fingerprint density at radius 2 is 0.385 bits per heavy atom. The molecule has 4 atom stereocenters. The lowest BCUT2D eigenvalue weighted by atomic mass is 10.1. The van der Waals surface area contributed by atoms with Crippen molar-refractivity contribution in [3.8, 4) is 0 Å². The van der Waals surface area contributed by atoms with Crippen molar-refractivity contribution in [3.05, 3.63) is 0 Å². The zero-order chi connectivity index (χ0) is 44.9. The minimum atomic E-state index is -4.94. The minimum absolute atomic E-state index is 0.132.